The van der Waals surface area contributed by atoms with Crippen molar-refractivity contribution < 1.29 is 23.8 Å². The summed E-state index contributed by atoms with van der Waals surface area (Å²) in [6.07, 6.45) is 4.65. The lowest BCUT2D eigenvalue weighted by Gasteiger charge is -2.39. The van der Waals surface area contributed by atoms with Crippen LogP contribution in [-0.2, 0) is 19.8 Å². The van der Waals surface area contributed by atoms with Gasteiger partial charge in [0.25, 0.3) is 5.91 Å². The smallest absolute Gasteiger partial charge is 0.340 e. The first kappa shape index (κ1) is 27.3. The molecule has 2 saturated heterocycles. The minimum Gasteiger partial charge on any atom is -0.470 e. The van der Waals surface area contributed by atoms with Crippen LogP contribution in [0, 0.1) is 0 Å². The summed E-state index contributed by atoms with van der Waals surface area (Å²) < 4.78 is 17.4. The first-order valence-electron chi connectivity index (χ1n) is 14.1. The molecule has 3 N–H and O–H groups in total. The number of hydrogen-bond donors (Lipinski definition) is 2. The number of nitrogens with two attached hydrogens (primary N) is 1. The maximum absolute atomic E-state index is 12.6. The van der Waals surface area contributed by atoms with E-state index in [1.807, 2.05) is 40.7 Å². The molecular formula is C30H36N6O5. The quantitative estimate of drug-likeness (QED) is 0.428. The number of pyridine rings is 3. The zero-order chi connectivity index (χ0) is 29.1. The van der Waals surface area contributed by atoms with Gasteiger partial charge < -0.3 is 30.2 Å². The summed E-state index contributed by atoms with van der Waals surface area (Å²) in [6, 6.07) is 5.38. The second kappa shape index (κ2) is 9.92. The molecule has 216 valence electrons. The summed E-state index contributed by atoms with van der Waals surface area (Å²) in [6.45, 7) is 11.2. The highest BCUT2D eigenvalue weighted by Gasteiger charge is 2.40. The monoisotopic (exact) mass is 560 g/mol. The molecule has 0 aliphatic carbocycles. The first-order valence-corrected chi connectivity index (χ1v) is 14.1. The summed E-state index contributed by atoms with van der Waals surface area (Å²) in [7, 11) is 0. The Morgan fingerprint density at radius 2 is 1.95 bits per heavy atom. The van der Waals surface area contributed by atoms with Crippen LogP contribution in [-0.4, -0.2) is 69.2 Å². The number of hydrogen-bond acceptors (Lipinski definition) is 10. The van der Waals surface area contributed by atoms with E-state index < -0.39 is 11.1 Å². The zero-order valence-corrected chi connectivity index (χ0v) is 24.1. The van der Waals surface area contributed by atoms with E-state index in [0.717, 1.165) is 29.2 Å². The SMILES string of the molecule is C[C@@H]1c2nc(Nc3cc4c(C(C)(C)N)cnc(OC5CN(C(=O)[C@@H]6CCCO6)C5)c4cn3)ccc2C(=O)OC1(C)C. The Bertz CT molecular complexity index is 1520. The van der Waals surface area contributed by atoms with Crippen molar-refractivity contribution in [2.24, 2.45) is 5.73 Å². The molecule has 2 fully saturated rings. The highest BCUT2D eigenvalue weighted by Crippen LogP contribution is 2.38. The van der Waals surface area contributed by atoms with Crippen molar-refractivity contribution in [2.75, 3.05) is 25.0 Å². The van der Waals surface area contributed by atoms with Gasteiger partial charge in [-0.3, -0.25) is 4.79 Å². The third-order valence-electron chi connectivity index (χ3n) is 8.28. The molecule has 3 aromatic rings. The lowest BCUT2D eigenvalue weighted by molar-refractivity contribution is -0.149. The van der Waals surface area contributed by atoms with Crippen LogP contribution in [0.3, 0.4) is 0 Å². The fraction of sp³-hybridized carbons (Fsp3) is 0.500. The fourth-order valence-electron chi connectivity index (χ4n) is 5.50. The molecule has 6 rings (SSSR count). The van der Waals surface area contributed by atoms with Crippen molar-refractivity contribution in [3.05, 3.63) is 47.4 Å². The molecule has 41 heavy (non-hydrogen) atoms. The number of carbonyl (C=O) groups excluding carboxylic acids is 2. The largest absolute Gasteiger partial charge is 0.470 e. The number of rotatable bonds is 6. The number of esters is 1. The Morgan fingerprint density at radius 3 is 2.66 bits per heavy atom. The summed E-state index contributed by atoms with van der Waals surface area (Å²) in [4.78, 5) is 40.8. The number of anilines is 2. The highest BCUT2D eigenvalue weighted by molar-refractivity contribution is 5.93. The number of aromatic nitrogens is 3. The molecule has 3 aliphatic rings. The Kier molecular flexibility index (Phi) is 6.61. The number of nitrogens with one attached hydrogen (secondary N) is 1. The second-order valence-corrected chi connectivity index (χ2v) is 12.3. The molecule has 0 unspecified atom stereocenters. The van der Waals surface area contributed by atoms with Crippen LogP contribution in [0.25, 0.3) is 10.8 Å². The molecule has 0 saturated carbocycles. The number of ether oxygens (including phenoxy) is 3. The summed E-state index contributed by atoms with van der Waals surface area (Å²) in [5, 5.41) is 4.86. The average Bonchev–Trinajstić information content (AvgIpc) is 3.43. The van der Waals surface area contributed by atoms with Gasteiger partial charge in [0.15, 0.2) is 0 Å². The van der Waals surface area contributed by atoms with E-state index in [0.29, 0.717) is 48.5 Å². The number of fused-ring (bicyclic) bond motifs is 2. The van der Waals surface area contributed by atoms with Crippen LogP contribution in [0.1, 0.15) is 75.0 Å². The van der Waals surface area contributed by atoms with E-state index in [-0.39, 0.29) is 30.0 Å². The zero-order valence-electron chi connectivity index (χ0n) is 24.1. The topological polar surface area (TPSA) is 142 Å². The van der Waals surface area contributed by atoms with Crippen molar-refractivity contribution in [2.45, 2.75) is 76.7 Å². The molecule has 11 heteroatoms. The standard InChI is InChI=1S/C30H36N6O5/c1-16-25-18(28(38)41-30(16,4)5)8-9-23(35-25)34-24-11-19-20(12-32-24)26(33-13-21(19)29(2,3)31)40-17-14-36(15-17)27(37)22-7-6-10-39-22/h8-9,11-13,16-17,22H,6-7,10,14-15,31H2,1-5H3,(H,32,34,35)/t16-,22+/m1/s1. The van der Waals surface area contributed by atoms with E-state index >= 15 is 0 Å². The Hall–Kier alpha value is -3.83. The molecule has 6 heterocycles. The molecule has 0 spiro atoms. The summed E-state index contributed by atoms with van der Waals surface area (Å²) in [5.41, 5.74) is 7.19. The van der Waals surface area contributed by atoms with Crippen molar-refractivity contribution in [3.63, 3.8) is 0 Å². The Balaban J connectivity index is 1.25. The van der Waals surface area contributed by atoms with Gasteiger partial charge in [0, 0.05) is 30.5 Å². The fourth-order valence-corrected chi connectivity index (χ4v) is 5.50. The van der Waals surface area contributed by atoms with Crippen LogP contribution in [0.2, 0.25) is 0 Å². The van der Waals surface area contributed by atoms with E-state index in [4.69, 9.17) is 24.9 Å². The van der Waals surface area contributed by atoms with Gasteiger partial charge in [-0.05, 0) is 69.7 Å². The van der Waals surface area contributed by atoms with Gasteiger partial charge in [-0.25, -0.2) is 19.7 Å². The number of cyclic esters (lactones) is 1. The third kappa shape index (κ3) is 5.08. The number of amides is 1. The van der Waals surface area contributed by atoms with Gasteiger partial charge in [0.1, 0.15) is 29.4 Å². The van der Waals surface area contributed by atoms with Crippen molar-refractivity contribution in [1.29, 1.82) is 0 Å². The van der Waals surface area contributed by atoms with Gasteiger partial charge in [-0.1, -0.05) is 6.92 Å². The first-order chi connectivity index (χ1) is 19.4. The van der Waals surface area contributed by atoms with Crippen LogP contribution in [0.4, 0.5) is 11.6 Å². The predicted octanol–water partition coefficient (Wildman–Crippen LogP) is 3.78. The van der Waals surface area contributed by atoms with Crippen LogP contribution < -0.4 is 15.8 Å². The van der Waals surface area contributed by atoms with Gasteiger partial charge in [-0.15, -0.1) is 0 Å². The molecule has 1 amide bonds. The Labute approximate surface area is 238 Å². The number of likely N-dealkylation sites (tertiary alicyclic amines) is 1. The molecule has 3 aromatic heterocycles. The van der Waals surface area contributed by atoms with Gasteiger partial charge in [0.05, 0.1) is 29.7 Å². The van der Waals surface area contributed by atoms with Crippen molar-refractivity contribution >= 4 is 34.3 Å². The van der Waals surface area contributed by atoms with Crippen molar-refractivity contribution in [1.82, 2.24) is 19.9 Å². The molecule has 3 aliphatic heterocycles. The molecule has 0 bridgehead atoms. The van der Waals surface area contributed by atoms with Crippen molar-refractivity contribution in [3.8, 4) is 5.88 Å². The van der Waals surface area contributed by atoms with Gasteiger partial charge in [-0.2, -0.15) is 0 Å². The van der Waals surface area contributed by atoms with E-state index in [1.165, 1.54) is 0 Å². The maximum Gasteiger partial charge on any atom is 0.340 e. The summed E-state index contributed by atoms with van der Waals surface area (Å²) in [5.74, 6) is 1.16. The third-order valence-corrected chi connectivity index (χ3v) is 8.28. The van der Waals surface area contributed by atoms with Crippen LogP contribution in [0.15, 0.2) is 30.6 Å². The number of nitrogens with zero attached hydrogens (tertiary/aromatic N) is 4. The normalized spacial score (nSPS) is 22.2. The van der Waals surface area contributed by atoms with Crippen LogP contribution >= 0.6 is 0 Å². The number of carbonyl (C=O) groups is 2. The minimum atomic E-state index is -0.672. The maximum atomic E-state index is 12.6. The average molecular weight is 561 g/mol. The molecular weight excluding hydrogens is 524 g/mol. The minimum absolute atomic E-state index is 0.0309. The molecule has 11 nitrogen and oxygen atoms in total. The summed E-state index contributed by atoms with van der Waals surface area (Å²) >= 11 is 0. The molecule has 0 aromatic carbocycles. The van der Waals surface area contributed by atoms with E-state index in [9.17, 15) is 9.59 Å². The van der Waals surface area contributed by atoms with Gasteiger partial charge in [0.2, 0.25) is 5.88 Å². The predicted molar refractivity (Wildman–Crippen MR) is 152 cm³/mol. The lowest BCUT2D eigenvalue weighted by Crippen LogP contribution is -2.58. The molecule has 0 radical (unpaired) electrons. The lowest BCUT2D eigenvalue weighted by atomic mass is 9.84. The molecule has 2 atom stereocenters. The second-order valence-electron chi connectivity index (χ2n) is 12.3. The Morgan fingerprint density at radius 1 is 1.17 bits per heavy atom. The van der Waals surface area contributed by atoms with Crippen LogP contribution in [0.5, 0.6) is 5.88 Å². The highest BCUT2D eigenvalue weighted by atomic mass is 16.6. The van der Waals surface area contributed by atoms with E-state index in [1.54, 1.807) is 29.4 Å². The van der Waals surface area contributed by atoms with E-state index in [2.05, 4.69) is 15.3 Å². The van der Waals surface area contributed by atoms with Gasteiger partial charge >= 0.3 is 5.97 Å².